The fourth-order valence-electron chi connectivity index (χ4n) is 0.163. The second kappa shape index (κ2) is 3.07. The van der Waals surface area contributed by atoms with Crippen LogP contribution in [0.1, 0.15) is 0 Å². The van der Waals surface area contributed by atoms with Crippen LogP contribution in [0.3, 0.4) is 0 Å². The lowest BCUT2D eigenvalue weighted by molar-refractivity contribution is 0.198. The highest BCUT2D eigenvalue weighted by Crippen LogP contribution is 1.93. The molecule has 0 aromatic heterocycles. The van der Waals surface area contributed by atoms with Crippen LogP contribution in [-0.4, -0.2) is 28.0 Å². The van der Waals surface area contributed by atoms with Gasteiger partial charge in [0.05, 0.1) is 7.11 Å². The van der Waals surface area contributed by atoms with Crippen molar-refractivity contribution in [3.63, 3.8) is 0 Å². The Hall–Kier alpha value is -0.225. The quantitative estimate of drug-likeness (QED) is 0.429. The van der Waals surface area contributed by atoms with Crippen LogP contribution in [0.4, 0.5) is 4.79 Å². The van der Waals surface area contributed by atoms with E-state index in [0.717, 1.165) is 7.11 Å². The molecule has 0 heterocycles. The van der Waals surface area contributed by atoms with Gasteiger partial charge in [-0.1, -0.05) is 0 Å². The highest BCUT2D eigenvalue weighted by molar-refractivity contribution is 8.34. The van der Waals surface area contributed by atoms with Gasteiger partial charge in [0, 0.05) is 10.7 Å². The first-order chi connectivity index (χ1) is 3.95. The van der Waals surface area contributed by atoms with Crippen LogP contribution in [0.2, 0.25) is 0 Å². The van der Waals surface area contributed by atoms with E-state index < -0.39 is 14.8 Å². The zero-order valence-electron chi connectivity index (χ0n) is 4.50. The molecule has 0 fully saturated rings. The summed E-state index contributed by atoms with van der Waals surface area (Å²) in [5.41, 5.74) is 0. The highest BCUT2D eigenvalue weighted by atomic mass is 35.7. The lowest BCUT2D eigenvalue weighted by Gasteiger charge is -1.90. The van der Waals surface area contributed by atoms with Crippen LogP contribution in [0.5, 0.6) is 0 Å². The van der Waals surface area contributed by atoms with Crippen molar-refractivity contribution in [3.8, 4) is 0 Å². The topological polar surface area (TPSA) is 60.4 Å². The standard InChI is InChI=1S/C2H3BClO4S/c1-8-2(5)3-9(4,6)7/h1H3. The van der Waals surface area contributed by atoms with Gasteiger partial charge in [0.15, 0.2) is 8.90 Å². The van der Waals surface area contributed by atoms with Crippen LogP contribution < -0.4 is 0 Å². The number of carbonyl (C=O) groups is 1. The Morgan fingerprint density at radius 1 is 1.67 bits per heavy atom. The van der Waals surface area contributed by atoms with Crippen molar-refractivity contribution >= 4 is 32.0 Å². The van der Waals surface area contributed by atoms with Gasteiger partial charge >= 0.3 is 6.56 Å². The molecule has 0 amide bonds. The highest BCUT2D eigenvalue weighted by Gasteiger charge is 2.17. The summed E-state index contributed by atoms with van der Waals surface area (Å²) in [7, 11) is 1.82. The molecule has 0 aliphatic carbocycles. The zero-order chi connectivity index (χ0) is 7.49. The smallest absolute Gasteiger partial charge is 0.443 e. The number of hydrogen-bond donors (Lipinski definition) is 0. The molecule has 51 valence electrons. The van der Waals surface area contributed by atoms with E-state index in [-0.39, 0.29) is 6.56 Å². The first-order valence-electron chi connectivity index (χ1n) is 1.83. The molecule has 0 spiro atoms. The summed E-state index contributed by atoms with van der Waals surface area (Å²) < 4.78 is 24.0. The first-order valence-corrected chi connectivity index (χ1v) is 4.20. The number of rotatable bonds is 2. The summed E-state index contributed by atoms with van der Waals surface area (Å²) in [6.45, 7) is 0.286. The maximum absolute atomic E-state index is 10.1. The second-order valence-corrected chi connectivity index (χ2v) is 3.59. The van der Waals surface area contributed by atoms with E-state index >= 15 is 0 Å². The molecule has 0 rings (SSSR count). The molecule has 0 N–H and O–H groups in total. The van der Waals surface area contributed by atoms with Crippen LogP contribution in [0.25, 0.3) is 0 Å². The minimum atomic E-state index is -3.86. The van der Waals surface area contributed by atoms with Crippen LogP contribution >= 0.6 is 10.7 Å². The molecule has 1 radical (unpaired) electrons. The SMILES string of the molecule is COC(=O)[B]S(=O)(=O)Cl. The Labute approximate surface area is 57.7 Å². The van der Waals surface area contributed by atoms with Crippen molar-refractivity contribution in [1.29, 1.82) is 0 Å². The molecule has 0 aliphatic heterocycles. The number of halogens is 1. The van der Waals surface area contributed by atoms with E-state index in [1.807, 2.05) is 0 Å². The third-order valence-corrected chi connectivity index (χ3v) is 1.18. The third-order valence-electron chi connectivity index (χ3n) is 0.438. The lowest BCUT2D eigenvalue weighted by atomic mass is 10.1. The van der Waals surface area contributed by atoms with E-state index in [1.54, 1.807) is 0 Å². The molecule has 0 atom stereocenters. The summed E-state index contributed by atoms with van der Waals surface area (Å²) in [5.74, 6) is -0.981. The van der Waals surface area contributed by atoms with E-state index in [1.165, 1.54) is 0 Å². The maximum Gasteiger partial charge on any atom is 0.443 e. The van der Waals surface area contributed by atoms with Crippen molar-refractivity contribution in [2.75, 3.05) is 7.11 Å². The largest absolute Gasteiger partial charge is 0.476 e. The Bertz CT molecular complexity index is 197. The summed E-state index contributed by atoms with van der Waals surface area (Å²) >= 11 is 0. The number of hydrogen-bond acceptors (Lipinski definition) is 4. The Morgan fingerprint density at radius 2 is 2.11 bits per heavy atom. The number of ether oxygens (including phenoxy) is 1. The zero-order valence-corrected chi connectivity index (χ0v) is 6.07. The minimum Gasteiger partial charge on any atom is -0.476 e. The predicted octanol–water partition coefficient (Wildman–Crippen LogP) is -0.0594. The van der Waals surface area contributed by atoms with E-state index in [9.17, 15) is 13.2 Å². The average Bonchev–Trinajstić information content (AvgIpc) is 1.62. The number of methoxy groups -OCH3 is 1. The molecule has 0 unspecified atom stereocenters. The van der Waals surface area contributed by atoms with E-state index in [4.69, 9.17) is 0 Å². The second-order valence-electron chi connectivity index (χ2n) is 1.12. The van der Waals surface area contributed by atoms with Gasteiger partial charge in [-0.25, -0.2) is 8.42 Å². The molecular weight excluding hydrogens is 166 g/mol. The van der Waals surface area contributed by atoms with Gasteiger partial charge in [0.1, 0.15) is 0 Å². The number of carbonyl (C=O) groups excluding carboxylic acids is 1. The minimum absolute atomic E-state index is 0.286. The molecule has 0 saturated heterocycles. The first kappa shape index (κ1) is 8.77. The van der Waals surface area contributed by atoms with Gasteiger partial charge < -0.3 is 4.74 Å². The van der Waals surface area contributed by atoms with Crippen molar-refractivity contribution in [2.45, 2.75) is 0 Å². The monoisotopic (exact) mass is 169 g/mol. The molecule has 9 heavy (non-hydrogen) atoms. The van der Waals surface area contributed by atoms with Crippen LogP contribution in [0.15, 0.2) is 0 Å². The van der Waals surface area contributed by atoms with Crippen LogP contribution in [-0.2, 0) is 13.6 Å². The van der Waals surface area contributed by atoms with Crippen molar-refractivity contribution < 1.29 is 17.9 Å². The molecule has 0 aromatic carbocycles. The predicted molar refractivity (Wildman–Crippen MR) is 32.9 cm³/mol. The Kier molecular flexibility index (Phi) is 3.00. The Morgan fingerprint density at radius 3 is 2.22 bits per heavy atom. The molecule has 7 heteroatoms. The van der Waals surface area contributed by atoms with Gasteiger partial charge in [0.25, 0.3) is 5.87 Å². The molecule has 0 saturated carbocycles. The lowest BCUT2D eigenvalue weighted by Crippen LogP contribution is -2.15. The Balaban J connectivity index is 3.91. The van der Waals surface area contributed by atoms with Gasteiger partial charge in [-0.15, -0.1) is 0 Å². The maximum atomic E-state index is 10.1. The molecular formula is C2H3BClO4S. The van der Waals surface area contributed by atoms with Crippen LogP contribution in [0, 0.1) is 0 Å². The molecule has 4 nitrogen and oxygen atoms in total. The fraction of sp³-hybridized carbons (Fsp3) is 0.500. The van der Waals surface area contributed by atoms with Crippen molar-refractivity contribution in [2.24, 2.45) is 0 Å². The van der Waals surface area contributed by atoms with E-state index in [2.05, 4.69) is 15.4 Å². The van der Waals surface area contributed by atoms with Gasteiger partial charge in [-0.2, -0.15) is 0 Å². The van der Waals surface area contributed by atoms with Crippen molar-refractivity contribution in [3.05, 3.63) is 0 Å². The van der Waals surface area contributed by atoms with Gasteiger partial charge in [0.2, 0.25) is 0 Å². The molecule has 0 aliphatic rings. The van der Waals surface area contributed by atoms with Gasteiger partial charge in [-0.05, 0) is 0 Å². The third kappa shape index (κ3) is 5.65. The summed E-state index contributed by atoms with van der Waals surface area (Å²) in [5, 5.41) is 0. The summed E-state index contributed by atoms with van der Waals surface area (Å²) in [6.07, 6.45) is 0. The molecule has 0 bridgehead atoms. The van der Waals surface area contributed by atoms with E-state index in [0.29, 0.717) is 0 Å². The van der Waals surface area contributed by atoms with Crippen molar-refractivity contribution in [1.82, 2.24) is 0 Å². The fourth-order valence-corrected chi connectivity index (χ4v) is 0.707. The molecule has 0 aromatic rings. The normalized spacial score (nSPS) is 10.4. The van der Waals surface area contributed by atoms with Gasteiger partial charge in [-0.3, -0.25) is 4.79 Å². The summed E-state index contributed by atoms with van der Waals surface area (Å²) in [4.78, 5) is 10.1. The summed E-state index contributed by atoms with van der Waals surface area (Å²) in [6, 6.07) is 0. The average molecular weight is 169 g/mol.